The summed E-state index contributed by atoms with van der Waals surface area (Å²) in [5.41, 5.74) is -1.33. The number of halogens is 3. The second kappa shape index (κ2) is 5.43. The number of alkyl halides is 3. The van der Waals surface area contributed by atoms with Crippen LogP contribution in [0.5, 0.6) is 5.75 Å². The first kappa shape index (κ1) is 14.8. The Morgan fingerprint density at radius 3 is 2.48 bits per heavy atom. The van der Waals surface area contributed by atoms with Crippen molar-refractivity contribution in [1.29, 1.82) is 0 Å². The van der Waals surface area contributed by atoms with E-state index in [1.807, 2.05) is 0 Å². The lowest BCUT2D eigenvalue weighted by Gasteiger charge is -2.13. The molecule has 0 unspecified atom stereocenters. The molecular weight excluding hydrogens is 287 g/mol. The minimum Gasteiger partial charge on any atom is -0.496 e. The van der Waals surface area contributed by atoms with Crippen LogP contribution >= 0.6 is 0 Å². The summed E-state index contributed by atoms with van der Waals surface area (Å²) < 4.78 is 43.3. The van der Waals surface area contributed by atoms with Crippen LogP contribution in [0.15, 0.2) is 36.5 Å². The van der Waals surface area contributed by atoms with E-state index in [0.717, 1.165) is 0 Å². The normalized spacial score (nSPS) is 11.2. The van der Waals surface area contributed by atoms with Crippen molar-refractivity contribution in [1.82, 2.24) is 4.98 Å². The minimum absolute atomic E-state index is 0.0951. The van der Waals surface area contributed by atoms with Crippen LogP contribution in [-0.2, 0) is 6.18 Å². The summed E-state index contributed by atoms with van der Waals surface area (Å²) in [4.78, 5) is 14.4. The average molecular weight is 297 g/mol. The van der Waals surface area contributed by atoms with E-state index in [1.165, 1.54) is 19.2 Å². The molecule has 110 valence electrons. The molecule has 0 saturated heterocycles. The van der Waals surface area contributed by atoms with E-state index in [0.29, 0.717) is 12.3 Å². The van der Waals surface area contributed by atoms with Gasteiger partial charge in [0.25, 0.3) is 0 Å². The van der Waals surface area contributed by atoms with Gasteiger partial charge in [0, 0.05) is 17.3 Å². The third kappa shape index (κ3) is 2.96. The van der Waals surface area contributed by atoms with Crippen molar-refractivity contribution in [2.24, 2.45) is 0 Å². The lowest BCUT2D eigenvalue weighted by molar-refractivity contribution is -0.141. The molecule has 0 spiro atoms. The van der Waals surface area contributed by atoms with Gasteiger partial charge in [-0.25, -0.2) is 4.79 Å². The van der Waals surface area contributed by atoms with Crippen LogP contribution in [-0.4, -0.2) is 23.2 Å². The smallest absolute Gasteiger partial charge is 0.433 e. The van der Waals surface area contributed by atoms with E-state index in [-0.39, 0.29) is 22.4 Å². The molecule has 0 bridgehead atoms. The van der Waals surface area contributed by atoms with Gasteiger partial charge >= 0.3 is 12.1 Å². The maximum atomic E-state index is 12.8. The predicted octanol–water partition coefficient (Wildman–Crippen LogP) is 3.47. The number of para-hydroxylation sites is 1. The molecular formula is C14H10F3NO3. The Kier molecular flexibility index (Phi) is 3.84. The SMILES string of the molecule is COc1ccccc1-c1cc(C(F)(F)F)ncc1C(=O)O. The lowest BCUT2D eigenvalue weighted by atomic mass is 9.99. The van der Waals surface area contributed by atoms with Gasteiger partial charge in [0.15, 0.2) is 0 Å². The minimum atomic E-state index is -4.66. The molecule has 0 radical (unpaired) electrons. The second-order valence-corrected chi connectivity index (χ2v) is 4.12. The number of carbonyl (C=O) groups is 1. The second-order valence-electron chi connectivity index (χ2n) is 4.12. The Bertz CT molecular complexity index is 683. The van der Waals surface area contributed by atoms with Crippen LogP contribution in [0.1, 0.15) is 16.1 Å². The third-order valence-corrected chi connectivity index (χ3v) is 2.82. The summed E-state index contributed by atoms with van der Waals surface area (Å²) >= 11 is 0. The summed E-state index contributed by atoms with van der Waals surface area (Å²) in [5, 5.41) is 9.12. The molecule has 0 saturated carbocycles. The van der Waals surface area contributed by atoms with Gasteiger partial charge in [-0.3, -0.25) is 4.98 Å². The summed E-state index contributed by atoms with van der Waals surface area (Å²) in [7, 11) is 1.35. The number of aromatic carboxylic acids is 1. The summed E-state index contributed by atoms with van der Waals surface area (Å²) in [6.45, 7) is 0. The van der Waals surface area contributed by atoms with Crippen LogP contribution in [0.3, 0.4) is 0 Å². The zero-order valence-electron chi connectivity index (χ0n) is 10.8. The first-order valence-electron chi connectivity index (χ1n) is 5.78. The standard InChI is InChI=1S/C14H10F3NO3/c1-21-11-5-3-2-4-8(11)9-6-12(14(15,16)17)18-7-10(9)13(19)20/h2-7H,1H3,(H,19,20). The number of hydrogen-bond acceptors (Lipinski definition) is 3. The fraction of sp³-hybridized carbons (Fsp3) is 0.143. The van der Waals surface area contributed by atoms with Gasteiger partial charge in [-0.1, -0.05) is 18.2 Å². The first-order valence-corrected chi connectivity index (χ1v) is 5.78. The van der Waals surface area contributed by atoms with Gasteiger partial charge in [-0.05, 0) is 12.1 Å². The Hall–Kier alpha value is -2.57. The number of benzene rings is 1. The van der Waals surface area contributed by atoms with Gasteiger partial charge in [0.2, 0.25) is 0 Å². The molecule has 0 fully saturated rings. The number of hydrogen-bond donors (Lipinski definition) is 1. The predicted molar refractivity (Wildman–Crippen MR) is 68.2 cm³/mol. The number of ether oxygens (including phenoxy) is 1. The van der Waals surface area contributed by atoms with Crippen molar-refractivity contribution in [3.8, 4) is 16.9 Å². The fourth-order valence-corrected chi connectivity index (χ4v) is 1.87. The highest BCUT2D eigenvalue weighted by Crippen LogP contribution is 2.36. The van der Waals surface area contributed by atoms with E-state index in [4.69, 9.17) is 9.84 Å². The first-order chi connectivity index (χ1) is 9.84. The van der Waals surface area contributed by atoms with E-state index >= 15 is 0 Å². The topological polar surface area (TPSA) is 59.4 Å². The Morgan fingerprint density at radius 1 is 1.24 bits per heavy atom. The Labute approximate surface area is 117 Å². The van der Waals surface area contributed by atoms with Gasteiger partial charge in [0.1, 0.15) is 11.4 Å². The third-order valence-electron chi connectivity index (χ3n) is 2.82. The summed E-state index contributed by atoms with van der Waals surface area (Å²) in [5.74, 6) is -1.09. The lowest BCUT2D eigenvalue weighted by Crippen LogP contribution is -2.11. The highest BCUT2D eigenvalue weighted by molar-refractivity contribution is 5.96. The molecule has 2 aromatic rings. The van der Waals surface area contributed by atoms with E-state index in [2.05, 4.69) is 4.98 Å². The monoisotopic (exact) mass is 297 g/mol. The fourth-order valence-electron chi connectivity index (χ4n) is 1.87. The van der Waals surface area contributed by atoms with Crippen LogP contribution in [0.4, 0.5) is 13.2 Å². The van der Waals surface area contributed by atoms with Gasteiger partial charge in [0.05, 0.1) is 12.7 Å². The van der Waals surface area contributed by atoms with Crippen LogP contribution in [0, 0.1) is 0 Å². The molecule has 0 aliphatic carbocycles. The van der Waals surface area contributed by atoms with Crippen molar-refractivity contribution in [2.45, 2.75) is 6.18 Å². The van der Waals surface area contributed by atoms with Crippen molar-refractivity contribution in [3.63, 3.8) is 0 Å². The van der Waals surface area contributed by atoms with E-state index in [9.17, 15) is 18.0 Å². The number of rotatable bonds is 3. The molecule has 0 aliphatic rings. The number of methoxy groups -OCH3 is 1. The highest BCUT2D eigenvalue weighted by atomic mass is 19.4. The van der Waals surface area contributed by atoms with Crippen molar-refractivity contribution < 1.29 is 27.8 Å². The molecule has 4 nitrogen and oxygen atoms in total. The quantitative estimate of drug-likeness (QED) is 0.942. The summed E-state index contributed by atoms with van der Waals surface area (Å²) in [6, 6.07) is 6.95. The van der Waals surface area contributed by atoms with Gasteiger partial charge in [-0.15, -0.1) is 0 Å². The molecule has 1 heterocycles. The number of carboxylic acid groups (broad SMARTS) is 1. The van der Waals surface area contributed by atoms with Crippen LogP contribution in [0.2, 0.25) is 0 Å². The highest BCUT2D eigenvalue weighted by Gasteiger charge is 2.34. The maximum absolute atomic E-state index is 12.8. The zero-order valence-corrected chi connectivity index (χ0v) is 10.8. The van der Waals surface area contributed by atoms with Crippen LogP contribution < -0.4 is 4.74 Å². The molecule has 1 aromatic carbocycles. The summed E-state index contributed by atoms with van der Waals surface area (Å²) in [6.07, 6.45) is -3.96. The van der Waals surface area contributed by atoms with E-state index < -0.39 is 17.8 Å². The van der Waals surface area contributed by atoms with Crippen molar-refractivity contribution in [3.05, 3.63) is 47.8 Å². The number of carboxylic acids is 1. The van der Waals surface area contributed by atoms with Crippen molar-refractivity contribution in [2.75, 3.05) is 7.11 Å². The molecule has 0 atom stereocenters. The van der Waals surface area contributed by atoms with Gasteiger partial charge in [-0.2, -0.15) is 13.2 Å². The molecule has 2 rings (SSSR count). The molecule has 0 amide bonds. The van der Waals surface area contributed by atoms with Crippen molar-refractivity contribution >= 4 is 5.97 Å². The van der Waals surface area contributed by atoms with E-state index in [1.54, 1.807) is 12.1 Å². The van der Waals surface area contributed by atoms with Gasteiger partial charge < -0.3 is 9.84 Å². The Morgan fingerprint density at radius 2 is 1.90 bits per heavy atom. The zero-order chi connectivity index (χ0) is 15.6. The molecule has 1 aromatic heterocycles. The molecule has 21 heavy (non-hydrogen) atoms. The molecule has 1 N–H and O–H groups in total. The number of aromatic nitrogens is 1. The van der Waals surface area contributed by atoms with Crippen LogP contribution in [0.25, 0.3) is 11.1 Å². The maximum Gasteiger partial charge on any atom is 0.433 e. The average Bonchev–Trinajstić information content (AvgIpc) is 2.45. The molecule has 0 aliphatic heterocycles. The number of pyridine rings is 1. The Balaban J connectivity index is 2.72. The number of nitrogens with zero attached hydrogens (tertiary/aromatic N) is 1. The molecule has 7 heteroatoms. The largest absolute Gasteiger partial charge is 0.496 e.